The normalized spacial score (nSPS) is 11.2. The van der Waals surface area contributed by atoms with Gasteiger partial charge >= 0.3 is 0 Å². The molecule has 24 heavy (non-hydrogen) atoms. The molecule has 0 aliphatic carbocycles. The van der Waals surface area contributed by atoms with Crippen LogP contribution in [0.15, 0.2) is 18.2 Å². The Morgan fingerprint density at radius 3 is 2.25 bits per heavy atom. The number of nitrogens with zero attached hydrogens (tertiary/aromatic N) is 1. The molecule has 1 aromatic rings. The Bertz CT molecular complexity index is 529. The molecule has 0 aromatic heterocycles. The summed E-state index contributed by atoms with van der Waals surface area (Å²) < 4.78 is 11.5. The van der Waals surface area contributed by atoms with Crippen molar-refractivity contribution in [3.05, 3.63) is 23.8 Å². The average molecular weight is 336 g/mol. The third kappa shape index (κ3) is 6.04. The van der Waals surface area contributed by atoms with Gasteiger partial charge in [0.25, 0.3) is 5.91 Å². The zero-order valence-electron chi connectivity index (χ0n) is 15.7. The molecule has 0 spiro atoms. The predicted octanol–water partition coefficient (Wildman–Crippen LogP) is 3.32. The van der Waals surface area contributed by atoms with Crippen molar-refractivity contribution in [2.45, 2.75) is 40.5 Å². The molecule has 0 fully saturated rings. The van der Waals surface area contributed by atoms with Gasteiger partial charge in [-0.15, -0.1) is 0 Å². The smallest absolute Gasteiger partial charge is 0.253 e. The summed E-state index contributed by atoms with van der Waals surface area (Å²) in [4.78, 5) is 14.4. The first kappa shape index (κ1) is 20.3. The van der Waals surface area contributed by atoms with Gasteiger partial charge in [0.05, 0.1) is 13.2 Å². The van der Waals surface area contributed by atoms with E-state index in [-0.39, 0.29) is 11.3 Å². The Hall–Kier alpha value is -1.75. The fraction of sp³-hybridized carbons (Fsp3) is 0.632. The Labute approximate surface area is 146 Å². The van der Waals surface area contributed by atoms with Gasteiger partial charge in [-0.2, -0.15) is 0 Å². The van der Waals surface area contributed by atoms with E-state index in [0.717, 1.165) is 12.8 Å². The molecule has 0 heterocycles. The summed E-state index contributed by atoms with van der Waals surface area (Å²) in [6.45, 7) is 10.5. The van der Waals surface area contributed by atoms with Gasteiger partial charge in [-0.3, -0.25) is 4.79 Å². The molecule has 1 amide bonds. The van der Waals surface area contributed by atoms with Crippen molar-refractivity contribution < 1.29 is 14.3 Å². The van der Waals surface area contributed by atoms with Crippen molar-refractivity contribution in [2.24, 2.45) is 11.1 Å². The number of hydrogen-bond acceptors (Lipinski definition) is 4. The van der Waals surface area contributed by atoms with Gasteiger partial charge in [0.15, 0.2) is 11.5 Å². The second-order valence-electron chi connectivity index (χ2n) is 6.89. The first-order chi connectivity index (χ1) is 11.3. The molecule has 0 bridgehead atoms. The first-order valence-electron chi connectivity index (χ1n) is 8.69. The minimum absolute atomic E-state index is 0.0417. The summed E-state index contributed by atoms with van der Waals surface area (Å²) in [7, 11) is 1.80. The van der Waals surface area contributed by atoms with Crippen LogP contribution in [0.4, 0.5) is 0 Å². The Kier molecular flexibility index (Phi) is 8.05. The molecule has 0 unspecified atom stereocenters. The van der Waals surface area contributed by atoms with E-state index in [0.29, 0.717) is 43.4 Å². The molecule has 1 rings (SSSR count). The molecule has 0 aliphatic rings. The fourth-order valence-corrected chi connectivity index (χ4v) is 2.30. The second kappa shape index (κ2) is 9.52. The summed E-state index contributed by atoms with van der Waals surface area (Å²) in [6, 6.07) is 5.38. The molecular formula is C19H32N2O3. The molecule has 0 radical (unpaired) electrons. The Balaban J connectivity index is 2.95. The largest absolute Gasteiger partial charge is 0.490 e. The number of amides is 1. The highest BCUT2D eigenvalue weighted by Crippen LogP contribution is 2.29. The lowest BCUT2D eigenvalue weighted by Gasteiger charge is -2.29. The van der Waals surface area contributed by atoms with E-state index < -0.39 is 0 Å². The maximum absolute atomic E-state index is 12.7. The number of rotatable bonds is 10. The van der Waals surface area contributed by atoms with Gasteiger partial charge in [-0.25, -0.2) is 0 Å². The van der Waals surface area contributed by atoms with E-state index in [2.05, 4.69) is 6.92 Å². The Morgan fingerprint density at radius 1 is 1.12 bits per heavy atom. The zero-order valence-corrected chi connectivity index (χ0v) is 15.7. The van der Waals surface area contributed by atoms with Crippen LogP contribution >= 0.6 is 0 Å². The molecule has 0 aliphatic heterocycles. The Morgan fingerprint density at radius 2 is 1.71 bits per heavy atom. The van der Waals surface area contributed by atoms with Gasteiger partial charge < -0.3 is 20.1 Å². The van der Waals surface area contributed by atoms with E-state index in [1.54, 1.807) is 24.1 Å². The van der Waals surface area contributed by atoms with Gasteiger partial charge in [0.1, 0.15) is 0 Å². The van der Waals surface area contributed by atoms with Crippen molar-refractivity contribution in [3.63, 3.8) is 0 Å². The minimum Gasteiger partial charge on any atom is -0.490 e. The van der Waals surface area contributed by atoms with Crippen LogP contribution in [0.1, 0.15) is 50.9 Å². The monoisotopic (exact) mass is 336 g/mol. The minimum atomic E-state index is -0.115. The third-order valence-corrected chi connectivity index (χ3v) is 3.68. The summed E-state index contributed by atoms with van der Waals surface area (Å²) >= 11 is 0. The van der Waals surface area contributed by atoms with Crippen LogP contribution in [0.2, 0.25) is 0 Å². The molecule has 2 N–H and O–H groups in total. The number of benzene rings is 1. The molecule has 0 saturated heterocycles. The molecule has 1 aromatic carbocycles. The fourth-order valence-electron chi connectivity index (χ4n) is 2.30. The van der Waals surface area contributed by atoms with Crippen LogP contribution in [0.3, 0.4) is 0 Å². The van der Waals surface area contributed by atoms with E-state index in [1.165, 1.54) is 0 Å². The van der Waals surface area contributed by atoms with E-state index in [1.807, 2.05) is 26.8 Å². The summed E-state index contributed by atoms with van der Waals surface area (Å²) in [5.74, 6) is 1.27. The van der Waals surface area contributed by atoms with Crippen molar-refractivity contribution in [3.8, 4) is 11.5 Å². The number of nitrogens with two attached hydrogens (primary N) is 1. The van der Waals surface area contributed by atoms with E-state index in [9.17, 15) is 4.79 Å². The van der Waals surface area contributed by atoms with E-state index >= 15 is 0 Å². The van der Waals surface area contributed by atoms with Crippen LogP contribution in [-0.2, 0) is 0 Å². The third-order valence-electron chi connectivity index (χ3n) is 3.68. The van der Waals surface area contributed by atoms with Crippen molar-refractivity contribution in [1.82, 2.24) is 4.90 Å². The lowest BCUT2D eigenvalue weighted by Crippen LogP contribution is -2.39. The maximum Gasteiger partial charge on any atom is 0.253 e. The molecular weight excluding hydrogens is 304 g/mol. The molecule has 0 saturated carbocycles. The van der Waals surface area contributed by atoms with Crippen molar-refractivity contribution >= 4 is 5.91 Å². The average Bonchev–Trinajstić information content (AvgIpc) is 2.57. The zero-order chi connectivity index (χ0) is 18.2. The molecule has 0 atom stereocenters. The van der Waals surface area contributed by atoms with Crippen LogP contribution in [0.5, 0.6) is 11.5 Å². The molecule has 5 nitrogen and oxygen atoms in total. The SMILES string of the molecule is CCCOc1ccc(C(=O)N(C)CC(C)(C)CN)cc1OCCC. The maximum atomic E-state index is 12.7. The lowest BCUT2D eigenvalue weighted by molar-refractivity contribution is 0.0740. The number of carbonyl (C=O) groups excluding carboxylic acids is 1. The topological polar surface area (TPSA) is 64.8 Å². The van der Waals surface area contributed by atoms with Crippen molar-refractivity contribution in [2.75, 3.05) is 33.4 Å². The van der Waals surface area contributed by atoms with Gasteiger partial charge in [-0.05, 0) is 43.0 Å². The van der Waals surface area contributed by atoms with Crippen LogP contribution in [0.25, 0.3) is 0 Å². The summed E-state index contributed by atoms with van der Waals surface area (Å²) in [5, 5.41) is 0. The van der Waals surface area contributed by atoms with Crippen LogP contribution < -0.4 is 15.2 Å². The highest BCUT2D eigenvalue weighted by Gasteiger charge is 2.22. The summed E-state index contributed by atoms with van der Waals surface area (Å²) in [5.41, 5.74) is 6.25. The lowest BCUT2D eigenvalue weighted by atomic mass is 9.93. The highest BCUT2D eigenvalue weighted by molar-refractivity contribution is 5.94. The number of hydrogen-bond donors (Lipinski definition) is 1. The van der Waals surface area contributed by atoms with E-state index in [4.69, 9.17) is 15.2 Å². The second-order valence-corrected chi connectivity index (χ2v) is 6.89. The molecule has 136 valence electrons. The quantitative estimate of drug-likeness (QED) is 0.712. The van der Waals surface area contributed by atoms with Crippen molar-refractivity contribution in [1.29, 1.82) is 0 Å². The van der Waals surface area contributed by atoms with Crippen LogP contribution in [-0.4, -0.2) is 44.2 Å². The predicted molar refractivity (Wildman–Crippen MR) is 97.8 cm³/mol. The number of carbonyl (C=O) groups is 1. The first-order valence-corrected chi connectivity index (χ1v) is 8.69. The van der Waals surface area contributed by atoms with Gasteiger partial charge in [-0.1, -0.05) is 27.7 Å². The van der Waals surface area contributed by atoms with Crippen LogP contribution in [0, 0.1) is 5.41 Å². The molecule has 5 heteroatoms. The highest BCUT2D eigenvalue weighted by atomic mass is 16.5. The van der Waals surface area contributed by atoms with Gasteiger partial charge in [0, 0.05) is 19.2 Å². The number of ether oxygens (including phenoxy) is 2. The standard InChI is InChI=1S/C19H32N2O3/c1-6-10-23-16-9-8-15(12-17(16)24-11-7-2)18(22)21(5)14-19(3,4)13-20/h8-9,12H,6-7,10-11,13-14,20H2,1-5H3. The van der Waals surface area contributed by atoms with Gasteiger partial charge in [0.2, 0.25) is 0 Å². The summed E-state index contributed by atoms with van der Waals surface area (Å²) in [6.07, 6.45) is 1.82.